The molecule has 19 heteroatoms. The highest BCUT2D eigenvalue weighted by Gasteiger charge is 2.56. The minimum atomic E-state index is -4.88. The Balaban J connectivity index is 0.000000189. The lowest BCUT2D eigenvalue weighted by molar-refractivity contribution is -0.269. The van der Waals surface area contributed by atoms with Gasteiger partial charge in [0.05, 0.1) is 25.5 Å². The molecule has 8 aromatic rings. The van der Waals surface area contributed by atoms with Gasteiger partial charge >= 0.3 is 23.6 Å². The van der Waals surface area contributed by atoms with E-state index in [9.17, 15) is 46.1 Å². The van der Waals surface area contributed by atoms with Crippen molar-refractivity contribution in [3.05, 3.63) is 164 Å². The molecular weight excluding hydrogens is 858 g/mol. The van der Waals surface area contributed by atoms with E-state index < -0.39 is 59.0 Å². The van der Waals surface area contributed by atoms with Crippen LogP contribution in [-0.4, -0.2) is 52.6 Å². The van der Waals surface area contributed by atoms with E-state index in [1.165, 1.54) is 35.3 Å². The molecule has 2 atom stereocenters. The summed E-state index contributed by atoms with van der Waals surface area (Å²) in [4.78, 5) is 24.2. The van der Waals surface area contributed by atoms with Crippen molar-refractivity contribution in [1.82, 2.24) is 30.0 Å². The van der Waals surface area contributed by atoms with E-state index in [2.05, 4.69) is 20.6 Å². The van der Waals surface area contributed by atoms with Crippen LogP contribution in [0.3, 0.4) is 0 Å². The van der Waals surface area contributed by atoms with Gasteiger partial charge in [-0.1, -0.05) is 103 Å². The first-order chi connectivity index (χ1) is 29.8. The average Bonchev–Trinajstić information content (AvgIpc) is 3.92. The fourth-order valence-electron chi connectivity index (χ4n) is 6.92. The molecule has 0 amide bonds. The Morgan fingerprint density at radius 3 is 1.46 bits per heavy atom. The monoisotopic (exact) mass is 892 g/mol. The molecule has 63 heavy (non-hydrogen) atoms. The van der Waals surface area contributed by atoms with Gasteiger partial charge in [-0.25, -0.2) is 19.0 Å². The van der Waals surface area contributed by atoms with Crippen molar-refractivity contribution in [2.45, 2.75) is 63.3 Å². The van der Waals surface area contributed by atoms with Crippen LogP contribution in [0.15, 0.2) is 134 Å². The van der Waals surface area contributed by atoms with Crippen LogP contribution in [0, 0.1) is 0 Å². The quantitative estimate of drug-likeness (QED) is 0.100. The third-order valence-electron chi connectivity index (χ3n) is 10.4. The van der Waals surface area contributed by atoms with E-state index in [1.807, 2.05) is 36.4 Å². The second-order valence-corrected chi connectivity index (χ2v) is 15.0. The SMILES string of the molecule is CCC(O)(c1cn(Cc2ccc3c(-c4cccc(Cl)c4)cc(=O)oc3c2)nn1)C(F)(F)F.CCC(O)(c1cn(Cc2ccc3c(-c4ccccc4)cc(=O)oc3c2)nn1)C(F)(F)F. The Hall–Kier alpha value is -6.63. The van der Waals surface area contributed by atoms with Crippen LogP contribution in [0.5, 0.6) is 0 Å². The molecule has 0 spiro atoms. The second-order valence-electron chi connectivity index (χ2n) is 14.5. The van der Waals surface area contributed by atoms with Gasteiger partial charge in [-0.2, -0.15) is 26.3 Å². The van der Waals surface area contributed by atoms with Crippen molar-refractivity contribution in [3.8, 4) is 22.3 Å². The van der Waals surface area contributed by atoms with Gasteiger partial charge in [0, 0.05) is 27.9 Å². The van der Waals surface area contributed by atoms with Gasteiger partial charge in [-0.05, 0) is 70.5 Å². The zero-order valence-corrected chi connectivity index (χ0v) is 33.9. The van der Waals surface area contributed by atoms with E-state index >= 15 is 0 Å². The Kier molecular flexibility index (Phi) is 12.2. The molecule has 12 nitrogen and oxygen atoms in total. The number of rotatable bonds is 10. The molecule has 4 heterocycles. The fourth-order valence-corrected chi connectivity index (χ4v) is 7.11. The van der Waals surface area contributed by atoms with E-state index in [1.54, 1.807) is 54.6 Å². The molecule has 0 aliphatic heterocycles. The zero-order chi connectivity index (χ0) is 45.3. The maximum atomic E-state index is 13.3. The van der Waals surface area contributed by atoms with Crippen molar-refractivity contribution in [2.75, 3.05) is 0 Å². The van der Waals surface area contributed by atoms with Gasteiger partial charge in [-0.15, -0.1) is 10.2 Å². The number of fused-ring (bicyclic) bond motifs is 2. The number of aliphatic hydroxyl groups is 2. The molecule has 0 saturated heterocycles. The normalized spacial score (nSPS) is 14.0. The molecule has 0 aliphatic rings. The summed E-state index contributed by atoms with van der Waals surface area (Å²) in [5, 5.41) is 36.5. The van der Waals surface area contributed by atoms with Crippen molar-refractivity contribution in [2.24, 2.45) is 0 Å². The second kappa shape index (κ2) is 17.3. The number of benzene rings is 4. The Labute approximate surface area is 357 Å². The van der Waals surface area contributed by atoms with Gasteiger partial charge in [0.1, 0.15) is 22.6 Å². The van der Waals surface area contributed by atoms with Gasteiger partial charge < -0.3 is 19.0 Å². The van der Waals surface area contributed by atoms with E-state index in [0.717, 1.165) is 34.5 Å². The molecule has 4 aromatic carbocycles. The van der Waals surface area contributed by atoms with Crippen LogP contribution < -0.4 is 11.3 Å². The van der Waals surface area contributed by atoms with Crippen molar-refractivity contribution >= 4 is 33.5 Å². The first kappa shape index (κ1) is 44.4. The standard InChI is InChI=1S/C22H17ClF3N3O3.C22H18F3N3O3/c1-2-21(31,22(24,25)26)19-12-29(28-27-19)11-13-6-7-16-17(10-20(30)32-18(16)8-13)14-4-3-5-15(23)9-14;1-2-21(30,22(23,24)25)19-13-28(27-26-19)12-14-8-9-16-17(15-6-4-3-5-7-15)11-20(29)31-18(16)10-14/h3-10,12,31H,2,11H2,1H3;3-11,13,30H,2,12H2,1H3. The smallest absolute Gasteiger partial charge is 0.423 e. The van der Waals surface area contributed by atoms with Gasteiger partial charge in [0.25, 0.3) is 0 Å². The third-order valence-corrected chi connectivity index (χ3v) is 10.6. The highest BCUT2D eigenvalue weighted by Crippen LogP contribution is 2.41. The van der Waals surface area contributed by atoms with Crippen LogP contribution in [0.2, 0.25) is 5.02 Å². The van der Waals surface area contributed by atoms with Crippen LogP contribution in [-0.2, 0) is 24.3 Å². The molecule has 0 radical (unpaired) electrons. The number of hydrogen-bond acceptors (Lipinski definition) is 10. The van der Waals surface area contributed by atoms with E-state index in [4.69, 9.17) is 20.4 Å². The predicted octanol–water partition coefficient (Wildman–Crippen LogP) is 9.17. The summed E-state index contributed by atoms with van der Waals surface area (Å²) in [7, 11) is 0. The summed E-state index contributed by atoms with van der Waals surface area (Å²) >= 11 is 6.07. The average molecular weight is 893 g/mol. The van der Waals surface area contributed by atoms with Crippen molar-refractivity contribution < 1.29 is 45.4 Å². The number of alkyl halides is 6. The van der Waals surface area contributed by atoms with E-state index in [-0.39, 0.29) is 13.1 Å². The van der Waals surface area contributed by atoms with Crippen LogP contribution >= 0.6 is 11.6 Å². The summed E-state index contributed by atoms with van der Waals surface area (Å²) in [6, 6.07) is 29.5. The molecule has 326 valence electrons. The Bertz CT molecular complexity index is 3040. The summed E-state index contributed by atoms with van der Waals surface area (Å²) < 4.78 is 92.6. The van der Waals surface area contributed by atoms with Gasteiger partial charge in [0.2, 0.25) is 11.2 Å². The van der Waals surface area contributed by atoms with Crippen molar-refractivity contribution in [3.63, 3.8) is 0 Å². The largest absolute Gasteiger partial charge is 0.423 e. The molecule has 4 aromatic heterocycles. The maximum Gasteiger partial charge on any atom is 0.423 e. The summed E-state index contributed by atoms with van der Waals surface area (Å²) in [5.74, 6) is 0. The first-order valence-electron chi connectivity index (χ1n) is 19.2. The number of aromatic nitrogens is 6. The number of halogens is 7. The molecule has 8 rings (SSSR count). The Morgan fingerprint density at radius 2 is 1.03 bits per heavy atom. The maximum absolute atomic E-state index is 13.3. The van der Waals surface area contributed by atoms with Gasteiger partial charge in [-0.3, -0.25) is 0 Å². The lowest BCUT2D eigenvalue weighted by Gasteiger charge is -2.26. The summed E-state index contributed by atoms with van der Waals surface area (Å²) in [5.41, 5.74) is -3.45. The predicted molar refractivity (Wildman–Crippen MR) is 220 cm³/mol. The minimum absolute atomic E-state index is 0.0612. The lowest BCUT2D eigenvalue weighted by atomic mass is 9.96. The summed E-state index contributed by atoms with van der Waals surface area (Å²) in [6.07, 6.45) is -8.81. The highest BCUT2D eigenvalue weighted by atomic mass is 35.5. The topological polar surface area (TPSA) is 162 Å². The molecule has 0 fully saturated rings. The lowest BCUT2D eigenvalue weighted by Crippen LogP contribution is -2.42. The van der Waals surface area contributed by atoms with E-state index in [0.29, 0.717) is 38.3 Å². The number of hydrogen-bond donors (Lipinski definition) is 2. The van der Waals surface area contributed by atoms with Crippen molar-refractivity contribution in [1.29, 1.82) is 0 Å². The molecule has 2 N–H and O–H groups in total. The van der Waals surface area contributed by atoms with Gasteiger partial charge in [0.15, 0.2) is 0 Å². The molecular formula is C44H35ClF6N6O6. The molecule has 0 saturated carbocycles. The third kappa shape index (κ3) is 9.14. The minimum Gasteiger partial charge on any atom is -0.423 e. The Morgan fingerprint density at radius 1 is 0.587 bits per heavy atom. The summed E-state index contributed by atoms with van der Waals surface area (Å²) in [6.45, 7) is 2.59. The fraction of sp³-hybridized carbons (Fsp3) is 0.227. The zero-order valence-electron chi connectivity index (χ0n) is 33.2. The molecule has 2 unspecified atom stereocenters. The van der Waals surface area contributed by atoms with Crippen LogP contribution in [0.25, 0.3) is 44.2 Å². The van der Waals surface area contributed by atoms with Crippen LogP contribution in [0.1, 0.15) is 49.2 Å². The molecule has 0 aliphatic carbocycles. The molecule has 0 bridgehead atoms. The first-order valence-corrected chi connectivity index (χ1v) is 19.5. The number of nitrogens with zero attached hydrogens (tertiary/aromatic N) is 6. The highest BCUT2D eigenvalue weighted by molar-refractivity contribution is 6.30. The van der Waals surface area contributed by atoms with Crippen LogP contribution in [0.4, 0.5) is 26.3 Å².